The van der Waals surface area contributed by atoms with Crippen LogP contribution in [0, 0.1) is 6.92 Å². The third-order valence-electron chi connectivity index (χ3n) is 5.20. The number of fused-ring (bicyclic) bond motifs is 1. The number of carbonyl (C=O) groups excluding carboxylic acids is 1. The van der Waals surface area contributed by atoms with Crippen molar-refractivity contribution in [2.24, 2.45) is 0 Å². The second-order valence-electron chi connectivity index (χ2n) is 7.30. The van der Waals surface area contributed by atoms with Crippen molar-refractivity contribution in [2.75, 3.05) is 11.9 Å². The molecule has 0 saturated heterocycles. The molecule has 1 aromatic heterocycles. The number of anilines is 1. The Bertz CT molecular complexity index is 1270. The normalized spacial score (nSPS) is 10.8. The Labute approximate surface area is 180 Å². The van der Waals surface area contributed by atoms with Crippen LogP contribution in [0.15, 0.2) is 82.0 Å². The summed E-state index contributed by atoms with van der Waals surface area (Å²) in [5, 5.41) is 3.64. The Balaban J connectivity index is 1.55. The fourth-order valence-electron chi connectivity index (χ4n) is 3.52. The first-order chi connectivity index (χ1) is 15.0. The Morgan fingerprint density at radius 2 is 1.74 bits per heavy atom. The van der Waals surface area contributed by atoms with Crippen LogP contribution in [0.1, 0.15) is 18.1 Å². The van der Waals surface area contributed by atoms with E-state index in [1.165, 1.54) is 11.6 Å². The fourth-order valence-corrected chi connectivity index (χ4v) is 3.52. The predicted molar refractivity (Wildman–Crippen MR) is 123 cm³/mol. The summed E-state index contributed by atoms with van der Waals surface area (Å²) >= 11 is 0. The van der Waals surface area contributed by atoms with Gasteiger partial charge in [-0.2, -0.15) is 0 Å². The Morgan fingerprint density at radius 3 is 2.45 bits per heavy atom. The highest BCUT2D eigenvalue weighted by atomic mass is 16.5. The first kappa shape index (κ1) is 20.4. The number of aryl methyl sites for hydroxylation is 2. The summed E-state index contributed by atoms with van der Waals surface area (Å²) in [7, 11) is 0. The molecule has 0 aliphatic heterocycles. The minimum atomic E-state index is -0.431. The molecule has 1 heterocycles. The van der Waals surface area contributed by atoms with Gasteiger partial charge in [0.25, 0.3) is 5.91 Å². The van der Waals surface area contributed by atoms with Gasteiger partial charge < -0.3 is 14.5 Å². The van der Waals surface area contributed by atoms with Gasteiger partial charge in [-0.3, -0.25) is 4.79 Å². The van der Waals surface area contributed by atoms with Crippen LogP contribution < -0.4 is 15.7 Å². The molecule has 0 fully saturated rings. The van der Waals surface area contributed by atoms with E-state index in [-0.39, 0.29) is 12.5 Å². The van der Waals surface area contributed by atoms with Crippen LogP contribution in [0.2, 0.25) is 0 Å². The minimum Gasteiger partial charge on any atom is -0.483 e. The second-order valence-corrected chi connectivity index (χ2v) is 7.30. The SMILES string of the molecule is CCc1ccc(NC(=O)COc2ccc3c(-c4ccccc4)cc(=O)oc3c2C)cc1. The molecule has 1 amide bonds. The highest BCUT2D eigenvalue weighted by Gasteiger charge is 2.14. The Morgan fingerprint density at radius 1 is 1.00 bits per heavy atom. The molecule has 3 aromatic carbocycles. The number of hydrogen-bond acceptors (Lipinski definition) is 4. The standard InChI is InChI=1S/C26H23NO4/c1-3-18-9-11-20(12-10-18)27-24(28)16-30-23-14-13-21-22(19-7-5-4-6-8-19)15-25(29)31-26(21)17(23)2/h4-15H,3,16H2,1-2H3,(H,27,28). The number of benzene rings is 3. The molecule has 5 nitrogen and oxygen atoms in total. The lowest BCUT2D eigenvalue weighted by molar-refractivity contribution is -0.118. The topological polar surface area (TPSA) is 68.5 Å². The van der Waals surface area contributed by atoms with Gasteiger partial charge in [-0.15, -0.1) is 0 Å². The van der Waals surface area contributed by atoms with Crippen molar-refractivity contribution < 1.29 is 13.9 Å². The van der Waals surface area contributed by atoms with Gasteiger partial charge in [-0.25, -0.2) is 4.79 Å². The number of hydrogen-bond donors (Lipinski definition) is 1. The van der Waals surface area contributed by atoms with Gasteiger partial charge in [0, 0.05) is 22.7 Å². The molecule has 31 heavy (non-hydrogen) atoms. The maximum atomic E-state index is 12.3. The van der Waals surface area contributed by atoms with Crippen molar-refractivity contribution in [2.45, 2.75) is 20.3 Å². The summed E-state index contributed by atoms with van der Waals surface area (Å²) in [5.74, 6) is 0.237. The van der Waals surface area contributed by atoms with E-state index in [0.29, 0.717) is 16.9 Å². The second kappa shape index (κ2) is 8.88. The quantitative estimate of drug-likeness (QED) is 0.433. The fraction of sp³-hybridized carbons (Fsp3) is 0.154. The van der Waals surface area contributed by atoms with E-state index >= 15 is 0 Å². The molecule has 0 unspecified atom stereocenters. The van der Waals surface area contributed by atoms with Crippen molar-refractivity contribution in [3.05, 3.63) is 94.3 Å². The summed E-state index contributed by atoms with van der Waals surface area (Å²) in [6.07, 6.45) is 0.945. The highest BCUT2D eigenvalue weighted by Crippen LogP contribution is 2.33. The van der Waals surface area contributed by atoms with Gasteiger partial charge in [0.15, 0.2) is 6.61 Å². The van der Waals surface area contributed by atoms with E-state index in [0.717, 1.165) is 28.6 Å². The van der Waals surface area contributed by atoms with Crippen molar-refractivity contribution >= 4 is 22.6 Å². The summed E-state index contributed by atoms with van der Waals surface area (Å²) < 4.78 is 11.2. The average molecular weight is 413 g/mol. The first-order valence-corrected chi connectivity index (χ1v) is 10.2. The first-order valence-electron chi connectivity index (χ1n) is 10.2. The summed E-state index contributed by atoms with van der Waals surface area (Å²) in [4.78, 5) is 24.5. The molecule has 0 saturated carbocycles. The third-order valence-corrected chi connectivity index (χ3v) is 5.20. The van der Waals surface area contributed by atoms with Crippen LogP contribution in [0.25, 0.3) is 22.1 Å². The lowest BCUT2D eigenvalue weighted by Gasteiger charge is -2.13. The zero-order valence-electron chi connectivity index (χ0n) is 17.5. The monoisotopic (exact) mass is 413 g/mol. The van der Waals surface area contributed by atoms with E-state index in [1.807, 2.05) is 67.6 Å². The van der Waals surface area contributed by atoms with Gasteiger partial charge in [-0.05, 0) is 54.3 Å². The molecule has 1 N–H and O–H groups in total. The van der Waals surface area contributed by atoms with E-state index in [9.17, 15) is 9.59 Å². The molecular formula is C26H23NO4. The molecule has 0 bridgehead atoms. The molecule has 0 atom stereocenters. The molecule has 5 heteroatoms. The Hall–Kier alpha value is -3.86. The molecule has 0 aliphatic rings. The highest BCUT2D eigenvalue weighted by molar-refractivity contribution is 5.96. The van der Waals surface area contributed by atoms with Crippen molar-refractivity contribution in [1.82, 2.24) is 0 Å². The van der Waals surface area contributed by atoms with Crippen LogP contribution in [-0.4, -0.2) is 12.5 Å². The molecule has 4 rings (SSSR count). The van der Waals surface area contributed by atoms with Crippen LogP contribution in [0.5, 0.6) is 5.75 Å². The van der Waals surface area contributed by atoms with Gasteiger partial charge in [-0.1, -0.05) is 49.4 Å². The van der Waals surface area contributed by atoms with Crippen LogP contribution in [0.3, 0.4) is 0 Å². The summed E-state index contributed by atoms with van der Waals surface area (Å²) in [5.41, 5.74) is 4.36. The van der Waals surface area contributed by atoms with Crippen LogP contribution >= 0.6 is 0 Å². The van der Waals surface area contributed by atoms with Crippen molar-refractivity contribution in [1.29, 1.82) is 0 Å². The molecule has 4 aromatic rings. The largest absolute Gasteiger partial charge is 0.483 e. The molecule has 0 aliphatic carbocycles. The zero-order valence-corrected chi connectivity index (χ0v) is 17.5. The van der Waals surface area contributed by atoms with E-state index in [4.69, 9.17) is 9.15 Å². The van der Waals surface area contributed by atoms with E-state index in [1.54, 1.807) is 6.07 Å². The third kappa shape index (κ3) is 4.51. The minimum absolute atomic E-state index is 0.148. The van der Waals surface area contributed by atoms with Crippen molar-refractivity contribution in [3.63, 3.8) is 0 Å². The van der Waals surface area contributed by atoms with Gasteiger partial charge in [0.05, 0.1) is 0 Å². The van der Waals surface area contributed by atoms with Gasteiger partial charge in [0.2, 0.25) is 0 Å². The maximum Gasteiger partial charge on any atom is 0.336 e. The van der Waals surface area contributed by atoms with Gasteiger partial charge in [0.1, 0.15) is 11.3 Å². The van der Waals surface area contributed by atoms with Crippen LogP contribution in [0.4, 0.5) is 5.69 Å². The summed E-state index contributed by atoms with van der Waals surface area (Å²) in [6.45, 7) is 3.75. The number of amides is 1. The van der Waals surface area contributed by atoms with E-state index < -0.39 is 5.63 Å². The summed E-state index contributed by atoms with van der Waals surface area (Å²) in [6, 6.07) is 22.5. The Kier molecular flexibility index (Phi) is 5.85. The molecular weight excluding hydrogens is 390 g/mol. The number of ether oxygens (including phenoxy) is 1. The predicted octanol–water partition coefficient (Wildman–Crippen LogP) is 5.35. The van der Waals surface area contributed by atoms with Gasteiger partial charge >= 0.3 is 5.63 Å². The van der Waals surface area contributed by atoms with Crippen molar-refractivity contribution in [3.8, 4) is 16.9 Å². The molecule has 0 spiro atoms. The number of rotatable bonds is 6. The zero-order chi connectivity index (χ0) is 21.8. The smallest absolute Gasteiger partial charge is 0.336 e. The lowest BCUT2D eigenvalue weighted by atomic mass is 10.0. The average Bonchev–Trinajstić information content (AvgIpc) is 2.79. The number of nitrogens with one attached hydrogen (secondary N) is 1. The molecule has 156 valence electrons. The lowest BCUT2D eigenvalue weighted by Crippen LogP contribution is -2.20. The van der Waals surface area contributed by atoms with E-state index in [2.05, 4.69) is 12.2 Å². The molecule has 0 radical (unpaired) electrons. The maximum absolute atomic E-state index is 12.3. The van der Waals surface area contributed by atoms with Crippen LogP contribution in [-0.2, 0) is 11.2 Å². The number of carbonyl (C=O) groups is 1.